The molecule has 1 rings (SSSR count). The predicted molar refractivity (Wildman–Crippen MR) is 62.3 cm³/mol. The Kier molecular flexibility index (Phi) is 4.74. The largest absolute Gasteiger partial charge is 0.469 e. The van der Waals surface area contributed by atoms with Crippen LogP contribution in [-0.4, -0.2) is 49.3 Å². The highest BCUT2D eigenvalue weighted by molar-refractivity contribution is 5.69. The third kappa shape index (κ3) is 3.46. The summed E-state index contributed by atoms with van der Waals surface area (Å²) >= 11 is 0. The minimum Gasteiger partial charge on any atom is -0.469 e. The van der Waals surface area contributed by atoms with Gasteiger partial charge in [0.25, 0.3) is 0 Å². The smallest absolute Gasteiger partial charge is 0.308 e. The van der Waals surface area contributed by atoms with E-state index in [1.165, 1.54) is 7.11 Å². The number of ether oxygens (including phenoxy) is 2. The molecule has 0 amide bonds. The minimum atomic E-state index is -0.193. The highest BCUT2D eigenvalue weighted by Gasteiger charge is 2.31. The maximum atomic E-state index is 11.2. The average molecular weight is 229 g/mol. The number of hydrogen-bond donors (Lipinski definition) is 0. The molecule has 16 heavy (non-hydrogen) atoms. The van der Waals surface area contributed by atoms with E-state index in [1.807, 2.05) is 0 Å². The second-order valence-electron chi connectivity index (χ2n) is 4.89. The molecule has 0 aromatic rings. The molecule has 1 unspecified atom stereocenters. The van der Waals surface area contributed by atoms with Crippen LogP contribution in [0.2, 0.25) is 0 Å². The average Bonchev–Trinajstić information content (AvgIpc) is 2.29. The summed E-state index contributed by atoms with van der Waals surface area (Å²) in [6, 6.07) is 0. The highest BCUT2D eigenvalue weighted by Crippen LogP contribution is 2.22. The van der Waals surface area contributed by atoms with E-state index in [-0.39, 0.29) is 17.6 Å². The van der Waals surface area contributed by atoms with Crippen LogP contribution in [-0.2, 0) is 14.3 Å². The minimum absolute atomic E-state index is 0.0213. The van der Waals surface area contributed by atoms with Crippen LogP contribution in [0.3, 0.4) is 0 Å². The summed E-state index contributed by atoms with van der Waals surface area (Å²) in [5, 5.41) is 0. The van der Waals surface area contributed by atoms with Crippen molar-refractivity contribution in [3.05, 3.63) is 0 Å². The Hall–Kier alpha value is -0.610. The standard InChI is InChI=1S/C12H23NO3/c1-5-12(2,3)13-6-7-16-10(9-13)8-11(14)15-4/h10H,5-9H2,1-4H3. The Morgan fingerprint density at radius 1 is 1.56 bits per heavy atom. The number of esters is 1. The Labute approximate surface area is 97.9 Å². The Bertz CT molecular complexity index is 240. The fourth-order valence-corrected chi connectivity index (χ4v) is 1.89. The summed E-state index contributed by atoms with van der Waals surface area (Å²) < 4.78 is 10.2. The van der Waals surface area contributed by atoms with E-state index in [2.05, 4.69) is 30.4 Å². The number of nitrogens with zero attached hydrogens (tertiary/aromatic N) is 1. The van der Waals surface area contributed by atoms with Crippen molar-refractivity contribution in [1.29, 1.82) is 0 Å². The zero-order valence-electron chi connectivity index (χ0n) is 10.8. The summed E-state index contributed by atoms with van der Waals surface area (Å²) in [7, 11) is 1.42. The van der Waals surface area contributed by atoms with Crippen LogP contribution in [0.4, 0.5) is 0 Å². The molecule has 1 fully saturated rings. The zero-order valence-corrected chi connectivity index (χ0v) is 10.8. The number of carbonyl (C=O) groups is 1. The van der Waals surface area contributed by atoms with Crippen LogP contribution in [0.15, 0.2) is 0 Å². The fourth-order valence-electron chi connectivity index (χ4n) is 1.89. The van der Waals surface area contributed by atoms with Crippen molar-refractivity contribution < 1.29 is 14.3 Å². The molecular formula is C12H23NO3. The molecule has 0 radical (unpaired) electrons. The molecule has 4 nitrogen and oxygen atoms in total. The lowest BCUT2D eigenvalue weighted by Gasteiger charge is -2.43. The summed E-state index contributed by atoms with van der Waals surface area (Å²) in [6.07, 6.45) is 1.43. The van der Waals surface area contributed by atoms with Gasteiger partial charge in [0.05, 0.1) is 26.2 Å². The van der Waals surface area contributed by atoms with Crippen molar-refractivity contribution in [2.24, 2.45) is 0 Å². The molecule has 0 aliphatic carbocycles. The van der Waals surface area contributed by atoms with Crippen molar-refractivity contribution in [1.82, 2.24) is 4.90 Å². The molecule has 4 heteroatoms. The number of hydrogen-bond acceptors (Lipinski definition) is 4. The van der Waals surface area contributed by atoms with Crippen LogP contribution in [0.1, 0.15) is 33.6 Å². The quantitative estimate of drug-likeness (QED) is 0.684. The Morgan fingerprint density at radius 3 is 2.81 bits per heavy atom. The van der Waals surface area contributed by atoms with E-state index in [0.717, 1.165) is 19.5 Å². The Balaban J connectivity index is 2.50. The van der Waals surface area contributed by atoms with Crippen molar-refractivity contribution in [2.45, 2.75) is 45.3 Å². The van der Waals surface area contributed by atoms with Crippen molar-refractivity contribution in [2.75, 3.05) is 26.8 Å². The topological polar surface area (TPSA) is 38.8 Å². The lowest BCUT2D eigenvalue weighted by atomic mass is 9.97. The SMILES string of the molecule is CCC(C)(C)N1CCOC(CC(=O)OC)C1. The van der Waals surface area contributed by atoms with E-state index in [4.69, 9.17) is 4.74 Å². The lowest BCUT2D eigenvalue weighted by Crippen LogP contribution is -2.53. The second kappa shape index (κ2) is 5.64. The third-order valence-electron chi connectivity index (χ3n) is 3.48. The molecule has 0 aromatic heterocycles. The highest BCUT2D eigenvalue weighted by atomic mass is 16.5. The van der Waals surface area contributed by atoms with Gasteiger partial charge in [0.2, 0.25) is 0 Å². The van der Waals surface area contributed by atoms with Gasteiger partial charge in [-0.2, -0.15) is 0 Å². The lowest BCUT2D eigenvalue weighted by molar-refractivity contribution is -0.147. The summed E-state index contributed by atoms with van der Waals surface area (Å²) in [5.74, 6) is -0.193. The maximum absolute atomic E-state index is 11.2. The van der Waals surface area contributed by atoms with Crippen LogP contribution in [0.5, 0.6) is 0 Å². The van der Waals surface area contributed by atoms with Crippen LogP contribution < -0.4 is 0 Å². The Morgan fingerprint density at radius 2 is 2.25 bits per heavy atom. The first-order valence-electron chi connectivity index (χ1n) is 5.93. The van der Waals surface area contributed by atoms with Gasteiger partial charge in [0, 0.05) is 18.6 Å². The molecule has 0 saturated carbocycles. The monoisotopic (exact) mass is 229 g/mol. The van der Waals surface area contributed by atoms with E-state index in [0.29, 0.717) is 13.0 Å². The van der Waals surface area contributed by atoms with Gasteiger partial charge in [-0.1, -0.05) is 6.92 Å². The molecule has 1 aliphatic heterocycles. The molecular weight excluding hydrogens is 206 g/mol. The molecule has 94 valence electrons. The third-order valence-corrected chi connectivity index (χ3v) is 3.48. The van der Waals surface area contributed by atoms with Gasteiger partial charge < -0.3 is 9.47 Å². The van der Waals surface area contributed by atoms with E-state index in [1.54, 1.807) is 0 Å². The molecule has 1 atom stereocenters. The summed E-state index contributed by atoms with van der Waals surface area (Å²) in [6.45, 7) is 9.10. The normalized spacial score (nSPS) is 23.1. The predicted octanol–water partition coefficient (Wildman–Crippen LogP) is 1.44. The number of carbonyl (C=O) groups excluding carboxylic acids is 1. The van der Waals surface area contributed by atoms with E-state index >= 15 is 0 Å². The van der Waals surface area contributed by atoms with Gasteiger partial charge in [-0.15, -0.1) is 0 Å². The number of morpholine rings is 1. The zero-order chi connectivity index (χ0) is 12.2. The number of rotatable bonds is 4. The van der Waals surface area contributed by atoms with Crippen LogP contribution >= 0.6 is 0 Å². The van der Waals surface area contributed by atoms with E-state index < -0.39 is 0 Å². The van der Waals surface area contributed by atoms with Crippen molar-refractivity contribution >= 4 is 5.97 Å². The maximum Gasteiger partial charge on any atom is 0.308 e. The first-order chi connectivity index (χ1) is 7.49. The van der Waals surface area contributed by atoms with Crippen molar-refractivity contribution in [3.8, 4) is 0 Å². The second-order valence-corrected chi connectivity index (χ2v) is 4.89. The van der Waals surface area contributed by atoms with Gasteiger partial charge in [-0.3, -0.25) is 9.69 Å². The molecule has 1 saturated heterocycles. The van der Waals surface area contributed by atoms with Gasteiger partial charge in [-0.25, -0.2) is 0 Å². The molecule has 0 spiro atoms. The molecule has 0 N–H and O–H groups in total. The van der Waals surface area contributed by atoms with Gasteiger partial charge in [0.1, 0.15) is 0 Å². The first-order valence-corrected chi connectivity index (χ1v) is 5.93. The van der Waals surface area contributed by atoms with E-state index in [9.17, 15) is 4.79 Å². The number of methoxy groups -OCH3 is 1. The first kappa shape index (κ1) is 13.5. The molecule has 1 heterocycles. The fraction of sp³-hybridized carbons (Fsp3) is 0.917. The van der Waals surface area contributed by atoms with Gasteiger partial charge in [0.15, 0.2) is 0 Å². The van der Waals surface area contributed by atoms with Gasteiger partial charge >= 0.3 is 5.97 Å². The van der Waals surface area contributed by atoms with Crippen LogP contribution in [0.25, 0.3) is 0 Å². The molecule has 0 bridgehead atoms. The van der Waals surface area contributed by atoms with Crippen LogP contribution in [0, 0.1) is 0 Å². The summed E-state index contributed by atoms with van der Waals surface area (Å²) in [5.41, 5.74) is 0.179. The molecule has 1 aliphatic rings. The summed E-state index contributed by atoms with van der Waals surface area (Å²) in [4.78, 5) is 13.6. The van der Waals surface area contributed by atoms with Gasteiger partial charge in [-0.05, 0) is 20.3 Å². The molecule has 0 aromatic carbocycles. The van der Waals surface area contributed by atoms with Crippen molar-refractivity contribution in [3.63, 3.8) is 0 Å².